The predicted molar refractivity (Wildman–Crippen MR) is 104 cm³/mol. The van der Waals surface area contributed by atoms with Crippen molar-refractivity contribution in [2.75, 3.05) is 27.9 Å². The monoisotopic (exact) mass is 437 g/mol. The van der Waals surface area contributed by atoms with Crippen molar-refractivity contribution in [3.8, 4) is 28.7 Å². The molecule has 31 heavy (non-hydrogen) atoms. The molecule has 0 aliphatic rings. The zero-order valence-corrected chi connectivity index (χ0v) is 16.7. The molecule has 0 aliphatic heterocycles. The van der Waals surface area contributed by atoms with E-state index in [-0.39, 0.29) is 39.1 Å². The molecule has 3 rings (SSSR count). The number of hydrogen-bond acceptors (Lipinski definition) is 7. The van der Waals surface area contributed by atoms with E-state index in [0.29, 0.717) is 5.75 Å². The Hall–Kier alpha value is -3.69. The number of ether oxygens (including phenoxy) is 4. The van der Waals surface area contributed by atoms with Gasteiger partial charge in [-0.05, 0) is 29.7 Å². The highest BCUT2D eigenvalue weighted by Crippen LogP contribution is 2.40. The lowest BCUT2D eigenvalue weighted by molar-refractivity contribution is -0.153. The number of carbonyl (C=O) groups is 1. The number of aromatic hydroxyl groups is 1. The van der Waals surface area contributed by atoms with E-state index in [0.717, 1.165) is 6.07 Å². The van der Waals surface area contributed by atoms with Gasteiger partial charge in [0.15, 0.2) is 35.4 Å². The molecule has 0 amide bonds. The minimum absolute atomic E-state index is 0.0676. The summed E-state index contributed by atoms with van der Waals surface area (Å²) in [6.07, 6.45) is -2.04. The minimum Gasteiger partial charge on any atom is -0.504 e. The zero-order chi connectivity index (χ0) is 22.8. The van der Waals surface area contributed by atoms with Crippen molar-refractivity contribution in [2.24, 2.45) is 0 Å². The van der Waals surface area contributed by atoms with Crippen LogP contribution in [-0.4, -0.2) is 50.0 Å². The average Bonchev–Trinajstić information content (AvgIpc) is 2.76. The first kappa shape index (κ1) is 22.0. The van der Waals surface area contributed by atoms with E-state index in [1.54, 1.807) is 0 Å². The van der Waals surface area contributed by atoms with Crippen LogP contribution in [0.5, 0.6) is 28.7 Å². The predicted octanol–water partition coefficient (Wildman–Crippen LogP) is 4.14. The third kappa shape index (κ3) is 4.42. The largest absolute Gasteiger partial charge is 0.504 e. The highest BCUT2D eigenvalue weighted by atomic mass is 19.4. The minimum atomic E-state index is -4.57. The molecule has 0 fully saturated rings. The maximum atomic E-state index is 13.2. The second kappa shape index (κ2) is 8.58. The summed E-state index contributed by atoms with van der Waals surface area (Å²) < 4.78 is 57.7. The topological polar surface area (TPSA) is 87.1 Å². The molecule has 0 atom stereocenters. The van der Waals surface area contributed by atoms with Crippen molar-refractivity contribution in [1.29, 1.82) is 0 Å². The number of phenolic OH excluding ortho intramolecular Hbond substituents is 1. The first-order valence-electron chi connectivity index (χ1n) is 8.84. The van der Waals surface area contributed by atoms with E-state index >= 15 is 0 Å². The number of benzene rings is 2. The molecule has 0 saturated carbocycles. The Morgan fingerprint density at radius 1 is 0.968 bits per heavy atom. The summed E-state index contributed by atoms with van der Waals surface area (Å²) in [7, 11) is 4.24. The van der Waals surface area contributed by atoms with Crippen LogP contribution in [0.2, 0.25) is 0 Å². The molecule has 0 unspecified atom stereocenters. The third-order valence-corrected chi connectivity index (χ3v) is 4.44. The van der Waals surface area contributed by atoms with Crippen molar-refractivity contribution in [1.82, 2.24) is 4.98 Å². The SMILES string of the molecule is COc1cc(C(=O)c2cncc3c(O)c(OCC(F)(F)F)ccc23)cc(OC)c1OC. The van der Waals surface area contributed by atoms with Gasteiger partial charge in [0.1, 0.15) is 0 Å². The van der Waals surface area contributed by atoms with Crippen LogP contribution < -0.4 is 18.9 Å². The van der Waals surface area contributed by atoms with Gasteiger partial charge in [-0.1, -0.05) is 0 Å². The van der Waals surface area contributed by atoms with E-state index < -0.39 is 24.3 Å². The molecule has 0 saturated heterocycles. The summed E-state index contributed by atoms with van der Waals surface area (Å²) in [5, 5.41) is 10.7. The number of pyridine rings is 1. The third-order valence-electron chi connectivity index (χ3n) is 4.44. The number of phenols is 1. The van der Waals surface area contributed by atoms with Crippen molar-refractivity contribution >= 4 is 16.6 Å². The quantitative estimate of drug-likeness (QED) is 0.556. The van der Waals surface area contributed by atoms with E-state index in [9.17, 15) is 23.1 Å². The number of aromatic nitrogens is 1. The molecule has 2 aromatic carbocycles. The standard InChI is InChI=1S/C21H18F3NO6/c1-28-16-6-11(7-17(29-2)20(16)30-3)18(26)13-8-25-9-14-12(13)4-5-15(19(14)27)31-10-21(22,23)24/h4-9,27H,10H2,1-3H3. The van der Waals surface area contributed by atoms with E-state index in [2.05, 4.69) is 9.72 Å². The van der Waals surface area contributed by atoms with Gasteiger partial charge in [-0.3, -0.25) is 9.78 Å². The molecule has 10 heteroatoms. The van der Waals surface area contributed by atoms with Gasteiger partial charge in [0.25, 0.3) is 0 Å². The summed E-state index contributed by atoms with van der Waals surface area (Å²) >= 11 is 0. The molecule has 0 bridgehead atoms. The maximum Gasteiger partial charge on any atom is 0.422 e. The number of fused-ring (bicyclic) bond motifs is 1. The summed E-state index contributed by atoms with van der Waals surface area (Å²) in [6, 6.07) is 5.47. The van der Waals surface area contributed by atoms with Crippen LogP contribution in [0.4, 0.5) is 13.2 Å². The molecule has 1 heterocycles. The first-order valence-corrected chi connectivity index (χ1v) is 8.84. The normalized spacial score (nSPS) is 11.3. The van der Waals surface area contributed by atoms with Crippen molar-refractivity contribution in [3.05, 3.63) is 47.8 Å². The fourth-order valence-corrected chi connectivity index (χ4v) is 3.03. The van der Waals surface area contributed by atoms with Crippen LogP contribution in [0.3, 0.4) is 0 Å². The Kier molecular flexibility index (Phi) is 6.09. The Morgan fingerprint density at radius 2 is 1.61 bits per heavy atom. The van der Waals surface area contributed by atoms with Crippen molar-refractivity contribution < 1.29 is 42.0 Å². The summed E-state index contributed by atoms with van der Waals surface area (Å²) in [4.78, 5) is 17.1. The van der Waals surface area contributed by atoms with Gasteiger partial charge in [0.2, 0.25) is 5.75 Å². The molecular weight excluding hydrogens is 419 g/mol. The number of ketones is 1. The molecule has 0 radical (unpaired) electrons. The molecule has 1 aromatic heterocycles. The van der Waals surface area contributed by atoms with E-state index in [4.69, 9.17) is 14.2 Å². The molecular formula is C21H18F3NO6. The van der Waals surface area contributed by atoms with Gasteiger partial charge in [-0.15, -0.1) is 0 Å². The Bertz CT molecular complexity index is 1110. The zero-order valence-electron chi connectivity index (χ0n) is 16.7. The Labute approximate surface area is 174 Å². The van der Waals surface area contributed by atoms with Gasteiger partial charge in [-0.25, -0.2) is 0 Å². The van der Waals surface area contributed by atoms with Gasteiger partial charge < -0.3 is 24.1 Å². The molecule has 1 N–H and O–H groups in total. The smallest absolute Gasteiger partial charge is 0.422 e. The lowest BCUT2D eigenvalue weighted by atomic mass is 9.98. The van der Waals surface area contributed by atoms with Crippen molar-refractivity contribution in [2.45, 2.75) is 6.18 Å². The Balaban J connectivity index is 2.07. The van der Waals surface area contributed by atoms with Crippen molar-refractivity contribution in [3.63, 3.8) is 0 Å². The maximum absolute atomic E-state index is 13.2. The highest BCUT2D eigenvalue weighted by Gasteiger charge is 2.29. The second-order valence-corrected chi connectivity index (χ2v) is 6.34. The lowest BCUT2D eigenvalue weighted by Gasteiger charge is -2.15. The van der Waals surface area contributed by atoms with Crippen LogP contribution in [0, 0.1) is 0 Å². The number of carbonyl (C=O) groups excluding carboxylic acids is 1. The lowest BCUT2D eigenvalue weighted by Crippen LogP contribution is -2.19. The number of nitrogens with zero attached hydrogens (tertiary/aromatic N) is 1. The molecule has 0 aliphatic carbocycles. The molecule has 164 valence electrons. The van der Waals surface area contributed by atoms with E-state index in [1.165, 1.54) is 51.9 Å². The van der Waals surface area contributed by atoms with Crippen LogP contribution in [-0.2, 0) is 0 Å². The number of alkyl halides is 3. The van der Waals surface area contributed by atoms with E-state index in [1.807, 2.05) is 0 Å². The van der Waals surface area contributed by atoms with Gasteiger partial charge in [0, 0.05) is 28.9 Å². The van der Waals surface area contributed by atoms with Gasteiger partial charge >= 0.3 is 6.18 Å². The van der Waals surface area contributed by atoms with Gasteiger partial charge in [0.05, 0.1) is 21.3 Å². The van der Waals surface area contributed by atoms with Gasteiger partial charge in [-0.2, -0.15) is 13.2 Å². The first-order chi connectivity index (χ1) is 14.7. The van der Waals surface area contributed by atoms with Crippen LogP contribution in [0.15, 0.2) is 36.7 Å². The summed E-state index contributed by atoms with van der Waals surface area (Å²) in [6.45, 7) is -1.57. The fraction of sp³-hybridized carbons (Fsp3) is 0.238. The average molecular weight is 437 g/mol. The fourth-order valence-electron chi connectivity index (χ4n) is 3.03. The second-order valence-electron chi connectivity index (χ2n) is 6.34. The molecule has 7 nitrogen and oxygen atoms in total. The van der Waals surface area contributed by atoms with Crippen LogP contribution in [0.25, 0.3) is 10.8 Å². The summed E-state index contributed by atoms with van der Waals surface area (Å²) in [5.74, 6) is -0.548. The Morgan fingerprint density at radius 3 is 2.16 bits per heavy atom. The number of halogens is 3. The molecule has 3 aromatic rings. The number of rotatable bonds is 7. The van der Waals surface area contributed by atoms with Crippen LogP contribution in [0.1, 0.15) is 15.9 Å². The number of hydrogen-bond donors (Lipinski definition) is 1. The summed E-state index contributed by atoms with van der Waals surface area (Å²) in [5.41, 5.74) is 0.310. The highest BCUT2D eigenvalue weighted by molar-refractivity contribution is 6.17. The van der Waals surface area contributed by atoms with Crippen LogP contribution >= 0.6 is 0 Å². The number of methoxy groups -OCH3 is 3. The molecule has 0 spiro atoms.